The van der Waals surface area contributed by atoms with E-state index in [4.69, 9.17) is 0 Å². The summed E-state index contributed by atoms with van der Waals surface area (Å²) >= 11 is 0. The summed E-state index contributed by atoms with van der Waals surface area (Å²) < 4.78 is 0. The molecule has 0 bridgehead atoms. The Hall–Kier alpha value is -3.48. The minimum absolute atomic E-state index is 0.0186. The van der Waals surface area contributed by atoms with Gasteiger partial charge < -0.3 is 9.80 Å². The fraction of sp³-hybridized carbons (Fsp3) is 0.385. The van der Waals surface area contributed by atoms with Gasteiger partial charge in [0.2, 0.25) is 11.8 Å². The molecule has 7 heteroatoms. The van der Waals surface area contributed by atoms with E-state index >= 15 is 0 Å². The molecule has 3 heterocycles. The Labute approximate surface area is 192 Å². The van der Waals surface area contributed by atoms with Gasteiger partial charge in [-0.1, -0.05) is 49.2 Å². The fourth-order valence-electron chi connectivity index (χ4n) is 5.23. The number of hydrogen-bond acceptors (Lipinski definition) is 4. The van der Waals surface area contributed by atoms with Crippen molar-refractivity contribution < 1.29 is 19.2 Å². The van der Waals surface area contributed by atoms with Crippen molar-refractivity contribution >= 4 is 23.6 Å². The molecule has 0 spiro atoms. The fourth-order valence-corrected chi connectivity index (χ4v) is 5.23. The zero-order valence-corrected chi connectivity index (χ0v) is 18.5. The number of carbonyl (C=O) groups is 4. The van der Waals surface area contributed by atoms with Gasteiger partial charge >= 0.3 is 0 Å². The van der Waals surface area contributed by atoms with E-state index in [1.165, 1.54) is 4.90 Å². The van der Waals surface area contributed by atoms with Crippen LogP contribution in [-0.4, -0.2) is 46.0 Å². The van der Waals surface area contributed by atoms with E-state index in [1.54, 1.807) is 12.1 Å². The maximum absolute atomic E-state index is 13.6. The quantitative estimate of drug-likeness (QED) is 0.735. The lowest BCUT2D eigenvalue weighted by Gasteiger charge is -2.30. The van der Waals surface area contributed by atoms with Crippen LogP contribution in [-0.2, 0) is 16.1 Å². The average molecular weight is 446 g/mol. The minimum Gasteiger partial charge on any atom is -0.332 e. The van der Waals surface area contributed by atoms with Gasteiger partial charge in [-0.25, -0.2) is 0 Å². The topological polar surface area (TPSA) is 86.8 Å². The zero-order valence-electron chi connectivity index (χ0n) is 18.5. The van der Waals surface area contributed by atoms with Gasteiger partial charge in [0.15, 0.2) is 0 Å². The standard InChI is InChI=1S/C26H27N3O4/c30-23-13-12-22(24(31)27-23)29-16-19-11-10-18(15-20(19)26(29)33)25(32)28-14-6-2-5-9-21(28)17-7-3-1-4-8-17/h1,3-4,7-8,10-11,15,21-22H,2,5-6,9,12-14,16H2,(H,27,30,31). The third kappa shape index (κ3) is 4.03. The number of nitrogens with zero attached hydrogens (tertiary/aromatic N) is 2. The molecule has 0 aliphatic carbocycles. The normalized spacial score (nSPS) is 23.2. The van der Waals surface area contributed by atoms with Gasteiger partial charge in [0.25, 0.3) is 11.8 Å². The molecule has 2 unspecified atom stereocenters. The highest BCUT2D eigenvalue weighted by molar-refractivity contribution is 6.06. The molecule has 0 aromatic heterocycles. The van der Waals surface area contributed by atoms with Crippen molar-refractivity contribution in [1.82, 2.24) is 15.1 Å². The second kappa shape index (κ2) is 8.81. The van der Waals surface area contributed by atoms with Crippen LogP contribution in [0.2, 0.25) is 0 Å². The van der Waals surface area contributed by atoms with Gasteiger partial charge in [-0.15, -0.1) is 0 Å². The van der Waals surface area contributed by atoms with E-state index in [1.807, 2.05) is 29.2 Å². The number of hydrogen-bond donors (Lipinski definition) is 1. The second-order valence-corrected chi connectivity index (χ2v) is 9.05. The smallest absolute Gasteiger partial charge is 0.255 e. The molecule has 1 N–H and O–H groups in total. The van der Waals surface area contributed by atoms with Gasteiger partial charge in [0, 0.05) is 30.6 Å². The van der Waals surface area contributed by atoms with Gasteiger partial charge in [0.05, 0.1) is 6.04 Å². The SMILES string of the molecule is O=C1CCC(N2Cc3ccc(C(=O)N4CCCCCC4c4ccccc4)cc3C2=O)C(=O)N1. The van der Waals surface area contributed by atoms with Crippen molar-refractivity contribution in [3.63, 3.8) is 0 Å². The van der Waals surface area contributed by atoms with Crippen molar-refractivity contribution in [3.05, 3.63) is 70.8 Å². The lowest BCUT2D eigenvalue weighted by molar-refractivity contribution is -0.136. The van der Waals surface area contributed by atoms with E-state index in [0.717, 1.165) is 36.8 Å². The highest BCUT2D eigenvalue weighted by Gasteiger charge is 2.39. The van der Waals surface area contributed by atoms with Crippen LogP contribution in [0.1, 0.15) is 76.4 Å². The Kier molecular flexibility index (Phi) is 5.70. The third-order valence-electron chi connectivity index (χ3n) is 6.97. The predicted octanol–water partition coefficient (Wildman–Crippen LogP) is 3.21. The van der Waals surface area contributed by atoms with Gasteiger partial charge in [-0.3, -0.25) is 24.5 Å². The average Bonchev–Trinajstić information content (AvgIpc) is 2.99. The molecule has 2 atom stereocenters. The predicted molar refractivity (Wildman–Crippen MR) is 121 cm³/mol. The van der Waals surface area contributed by atoms with E-state index in [-0.39, 0.29) is 30.2 Å². The number of piperidine rings is 1. The minimum atomic E-state index is -0.658. The first kappa shape index (κ1) is 21.4. The molecular formula is C26H27N3O4. The van der Waals surface area contributed by atoms with Gasteiger partial charge in [0.1, 0.15) is 6.04 Å². The molecule has 4 amide bonds. The van der Waals surface area contributed by atoms with E-state index in [2.05, 4.69) is 17.4 Å². The van der Waals surface area contributed by atoms with Crippen molar-refractivity contribution in [1.29, 1.82) is 0 Å². The number of imide groups is 1. The Morgan fingerprint density at radius 1 is 0.909 bits per heavy atom. The number of carbonyl (C=O) groups excluding carboxylic acids is 4. The lowest BCUT2D eigenvalue weighted by Crippen LogP contribution is -2.52. The number of benzene rings is 2. The molecule has 170 valence electrons. The molecule has 33 heavy (non-hydrogen) atoms. The van der Waals surface area contributed by atoms with E-state index < -0.39 is 11.9 Å². The van der Waals surface area contributed by atoms with Crippen LogP contribution in [0.3, 0.4) is 0 Å². The molecule has 2 aromatic rings. The summed E-state index contributed by atoms with van der Waals surface area (Å²) in [7, 11) is 0. The van der Waals surface area contributed by atoms with Crippen LogP contribution in [0.25, 0.3) is 0 Å². The number of rotatable bonds is 3. The molecule has 2 aromatic carbocycles. The van der Waals surface area contributed by atoms with Crippen molar-refractivity contribution in [2.45, 2.75) is 57.2 Å². The Bertz CT molecular complexity index is 1110. The first-order chi connectivity index (χ1) is 16.0. The molecule has 2 fully saturated rings. The Morgan fingerprint density at radius 2 is 1.73 bits per heavy atom. The van der Waals surface area contributed by atoms with Crippen molar-refractivity contribution in [3.8, 4) is 0 Å². The third-order valence-corrected chi connectivity index (χ3v) is 6.97. The zero-order chi connectivity index (χ0) is 22.9. The summed E-state index contributed by atoms with van der Waals surface area (Å²) in [6.07, 6.45) is 4.59. The summed E-state index contributed by atoms with van der Waals surface area (Å²) in [4.78, 5) is 54.0. The molecule has 7 nitrogen and oxygen atoms in total. The maximum Gasteiger partial charge on any atom is 0.255 e. The van der Waals surface area contributed by atoms with Gasteiger partial charge in [-0.2, -0.15) is 0 Å². The molecule has 5 rings (SSSR count). The van der Waals surface area contributed by atoms with Crippen LogP contribution in [0.15, 0.2) is 48.5 Å². The van der Waals surface area contributed by atoms with Crippen LogP contribution in [0.4, 0.5) is 0 Å². The molecule has 0 saturated carbocycles. The molecule has 3 aliphatic rings. The molecule has 0 radical (unpaired) electrons. The number of likely N-dealkylation sites (tertiary alicyclic amines) is 1. The molecule has 2 saturated heterocycles. The summed E-state index contributed by atoms with van der Waals surface area (Å²) in [5.41, 5.74) is 2.90. The molecule has 3 aliphatic heterocycles. The summed E-state index contributed by atoms with van der Waals surface area (Å²) in [5, 5.41) is 2.32. The van der Waals surface area contributed by atoms with Crippen LogP contribution in [0.5, 0.6) is 0 Å². The highest BCUT2D eigenvalue weighted by Crippen LogP contribution is 2.33. The molecular weight excluding hydrogens is 418 g/mol. The maximum atomic E-state index is 13.6. The summed E-state index contributed by atoms with van der Waals surface area (Å²) in [6, 6.07) is 14.8. The number of amides is 4. The lowest BCUT2D eigenvalue weighted by atomic mass is 9.99. The van der Waals surface area contributed by atoms with Crippen LogP contribution in [0, 0.1) is 0 Å². The van der Waals surface area contributed by atoms with Gasteiger partial charge in [-0.05, 0) is 42.5 Å². The first-order valence-electron chi connectivity index (χ1n) is 11.7. The van der Waals surface area contributed by atoms with Crippen molar-refractivity contribution in [2.75, 3.05) is 6.54 Å². The van der Waals surface area contributed by atoms with Crippen LogP contribution >= 0.6 is 0 Å². The van der Waals surface area contributed by atoms with Crippen molar-refractivity contribution in [2.24, 2.45) is 0 Å². The summed E-state index contributed by atoms with van der Waals surface area (Å²) in [6.45, 7) is 0.997. The number of fused-ring (bicyclic) bond motifs is 1. The summed E-state index contributed by atoms with van der Waals surface area (Å²) in [5.74, 6) is -1.07. The van der Waals surface area contributed by atoms with E-state index in [9.17, 15) is 19.2 Å². The Balaban J connectivity index is 1.40. The second-order valence-electron chi connectivity index (χ2n) is 9.05. The van der Waals surface area contributed by atoms with Crippen LogP contribution < -0.4 is 5.32 Å². The Morgan fingerprint density at radius 3 is 2.52 bits per heavy atom. The highest BCUT2D eigenvalue weighted by atomic mass is 16.2. The monoisotopic (exact) mass is 445 g/mol. The largest absolute Gasteiger partial charge is 0.332 e. The first-order valence-corrected chi connectivity index (χ1v) is 11.7. The van der Waals surface area contributed by atoms with E-state index in [0.29, 0.717) is 30.6 Å². The number of nitrogens with one attached hydrogen (secondary N) is 1.